The van der Waals surface area contributed by atoms with Crippen LogP contribution < -0.4 is 5.73 Å². The Hall–Kier alpha value is -1.10. The van der Waals surface area contributed by atoms with Crippen molar-refractivity contribution in [3.63, 3.8) is 0 Å². The first-order chi connectivity index (χ1) is 6.79. The second-order valence-corrected chi connectivity index (χ2v) is 4.75. The van der Waals surface area contributed by atoms with Crippen LogP contribution in [0.2, 0.25) is 0 Å². The predicted octanol–water partition coefficient (Wildman–Crippen LogP) is 1.20. The Morgan fingerprint density at radius 1 is 1.33 bits per heavy atom. The molecule has 0 heterocycles. The number of carbonyl (C=O) groups excluding carboxylic acids is 2. The maximum Gasteiger partial charge on any atom is 0.516 e. The largest absolute Gasteiger partial charge is 0.516 e. The Morgan fingerprint density at radius 2 is 1.87 bits per heavy atom. The number of hydrogen-bond donors (Lipinski definition) is 1. The first-order valence-corrected chi connectivity index (χ1v) is 5.00. The van der Waals surface area contributed by atoms with Gasteiger partial charge in [0.05, 0.1) is 0 Å². The van der Waals surface area contributed by atoms with E-state index in [2.05, 4.69) is 4.74 Å². The topological polar surface area (TPSA) is 78.6 Å². The summed E-state index contributed by atoms with van der Waals surface area (Å²) in [6.45, 7) is 5.08. The fraction of sp³-hybridized carbons (Fsp3) is 0.800. The van der Waals surface area contributed by atoms with E-state index in [1.165, 1.54) is 0 Å². The van der Waals surface area contributed by atoms with Crippen LogP contribution in [-0.2, 0) is 14.3 Å². The average molecular weight is 215 g/mol. The molecule has 2 N–H and O–H groups in total. The number of carbonyl (C=O) groups is 2. The molecule has 0 radical (unpaired) electrons. The standard InChI is InChI=1S/C10H17NO4/c1-10(2,3)15-9(13)14-8(12)7(11)6-4-5-6/h6-7H,4-5,11H2,1-3H3/t7-/m0/s1. The smallest absolute Gasteiger partial charge is 0.428 e. The van der Waals surface area contributed by atoms with Gasteiger partial charge >= 0.3 is 12.1 Å². The van der Waals surface area contributed by atoms with Gasteiger partial charge in [-0.2, -0.15) is 0 Å². The van der Waals surface area contributed by atoms with Gasteiger partial charge in [0.1, 0.15) is 11.6 Å². The van der Waals surface area contributed by atoms with Gasteiger partial charge in [0.2, 0.25) is 0 Å². The van der Waals surface area contributed by atoms with Gasteiger partial charge in [0.15, 0.2) is 0 Å². The van der Waals surface area contributed by atoms with Crippen molar-refractivity contribution in [2.75, 3.05) is 0 Å². The molecule has 1 aliphatic rings. The molecule has 1 atom stereocenters. The number of esters is 1. The summed E-state index contributed by atoms with van der Waals surface area (Å²) in [5, 5.41) is 0. The molecule has 0 aliphatic heterocycles. The summed E-state index contributed by atoms with van der Waals surface area (Å²) in [7, 11) is 0. The van der Waals surface area contributed by atoms with Gasteiger partial charge in [-0.25, -0.2) is 9.59 Å². The highest BCUT2D eigenvalue weighted by Crippen LogP contribution is 2.32. The van der Waals surface area contributed by atoms with Crippen LogP contribution in [0.5, 0.6) is 0 Å². The van der Waals surface area contributed by atoms with Gasteiger partial charge in [0.25, 0.3) is 0 Å². The Labute approximate surface area is 88.9 Å². The first-order valence-electron chi connectivity index (χ1n) is 5.00. The van der Waals surface area contributed by atoms with Crippen LogP contribution in [0.15, 0.2) is 0 Å². The van der Waals surface area contributed by atoms with E-state index in [9.17, 15) is 9.59 Å². The summed E-state index contributed by atoms with van der Waals surface area (Å²) < 4.78 is 9.29. The Morgan fingerprint density at radius 3 is 2.27 bits per heavy atom. The third kappa shape index (κ3) is 4.29. The summed E-state index contributed by atoms with van der Waals surface area (Å²) in [6.07, 6.45) is 0.860. The molecule has 0 unspecified atom stereocenters. The van der Waals surface area contributed by atoms with Crippen molar-refractivity contribution in [2.24, 2.45) is 11.7 Å². The lowest BCUT2D eigenvalue weighted by Crippen LogP contribution is -2.37. The van der Waals surface area contributed by atoms with E-state index in [1.54, 1.807) is 20.8 Å². The van der Waals surface area contributed by atoms with E-state index in [0.717, 1.165) is 12.8 Å². The maximum atomic E-state index is 11.3. The van der Waals surface area contributed by atoms with E-state index in [-0.39, 0.29) is 5.92 Å². The second kappa shape index (κ2) is 4.18. The van der Waals surface area contributed by atoms with Gasteiger partial charge < -0.3 is 15.2 Å². The fourth-order valence-electron chi connectivity index (χ4n) is 1.07. The molecular weight excluding hydrogens is 198 g/mol. The summed E-state index contributed by atoms with van der Waals surface area (Å²) in [6, 6.07) is -0.697. The molecule has 0 amide bonds. The zero-order valence-corrected chi connectivity index (χ0v) is 9.28. The normalized spacial score (nSPS) is 18.1. The summed E-state index contributed by atoms with van der Waals surface area (Å²) in [5.74, 6) is -0.535. The van der Waals surface area contributed by atoms with E-state index in [0.29, 0.717) is 0 Å². The molecule has 0 saturated heterocycles. The monoisotopic (exact) mass is 215 g/mol. The van der Waals surface area contributed by atoms with Crippen LogP contribution in [0, 0.1) is 5.92 Å². The second-order valence-electron chi connectivity index (χ2n) is 4.75. The van der Waals surface area contributed by atoms with Crippen LogP contribution in [0.25, 0.3) is 0 Å². The zero-order valence-electron chi connectivity index (χ0n) is 9.28. The minimum absolute atomic E-state index is 0.167. The number of hydrogen-bond acceptors (Lipinski definition) is 5. The van der Waals surface area contributed by atoms with Crippen molar-refractivity contribution in [3.05, 3.63) is 0 Å². The minimum Gasteiger partial charge on any atom is -0.428 e. The van der Waals surface area contributed by atoms with Crippen LogP contribution in [0.3, 0.4) is 0 Å². The molecule has 1 fully saturated rings. The highest BCUT2D eigenvalue weighted by molar-refractivity contribution is 5.85. The van der Waals surface area contributed by atoms with Crippen molar-refractivity contribution in [2.45, 2.75) is 45.3 Å². The Balaban J connectivity index is 2.34. The summed E-state index contributed by atoms with van der Waals surface area (Å²) in [5.41, 5.74) is 4.89. The lowest BCUT2D eigenvalue weighted by Gasteiger charge is -2.18. The van der Waals surface area contributed by atoms with Crippen molar-refractivity contribution >= 4 is 12.1 Å². The first kappa shape index (κ1) is 12.0. The maximum absolute atomic E-state index is 11.3. The number of ether oxygens (including phenoxy) is 2. The van der Waals surface area contributed by atoms with Crippen molar-refractivity contribution in [3.8, 4) is 0 Å². The molecule has 0 aromatic carbocycles. The van der Waals surface area contributed by atoms with Crippen LogP contribution in [0.1, 0.15) is 33.6 Å². The molecule has 0 aromatic rings. The molecule has 0 aromatic heterocycles. The van der Waals surface area contributed by atoms with Crippen LogP contribution in [-0.4, -0.2) is 23.8 Å². The van der Waals surface area contributed by atoms with E-state index in [1.807, 2.05) is 0 Å². The molecule has 86 valence electrons. The lowest BCUT2D eigenvalue weighted by molar-refractivity contribution is -0.143. The number of rotatable bonds is 2. The van der Waals surface area contributed by atoms with Crippen molar-refractivity contribution in [1.29, 1.82) is 0 Å². The third-order valence-electron chi connectivity index (χ3n) is 1.98. The van der Waals surface area contributed by atoms with Crippen molar-refractivity contribution < 1.29 is 19.1 Å². The van der Waals surface area contributed by atoms with Gasteiger partial charge in [0, 0.05) is 0 Å². The highest BCUT2D eigenvalue weighted by atomic mass is 16.7. The quantitative estimate of drug-likeness (QED) is 0.553. The molecule has 5 heteroatoms. The third-order valence-corrected chi connectivity index (χ3v) is 1.98. The molecule has 1 aliphatic carbocycles. The zero-order chi connectivity index (χ0) is 11.6. The van der Waals surface area contributed by atoms with Crippen LogP contribution in [0.4, 0.5) is 4.79 Å². The van der Waals surface area contributed by atoms with E-state index >= 15 is 0 Å². The highest BCUT2D eigenvalue weighted by Gasteiger charge is 2.36. The number of nitrogens with two attached hydrogens (primary N) is 1. The lowest BCUT2D eigenvalue weighted by atomic mass is 10.2. The van der Waals surface area contributed by atoms with Gasteiger partial charge in [-0.05, 0) is 39.5 Å². The van der Waals surface area contributed by atoms with Gasteiger partial charge in [-0.15, -0.1) is 0 Å². The SMILES string of the molecule is CC(C)(C)OC(=O)OC(=O)[C@@H](N)C1CC1. The fourth-order valence-corrected chi connectivity index (χ4v) is 1.07. The molecular formula is C10H17NO4. The molecule has 0 bridgehead atoms. The minimum atomic E-state index is -0.983. The van der Waals surface area contributed by atoms with Crippen molar-refractivity contribution in [1.82, 2.24) is 0 Å². The summed E-state index contributed by atoms with van der Waals surface area (Å²) >= 11 is 0. The molecule has 1 saturated carbocycles. The molecule has 0 spiro atoms. The van der Waals surface area contributed by atoms with Gasteiger partial charge in [-0.1, -0.05) is 0 Å². The Kier molecular flexibility index (Phi) is 3.34. The molecule has 15 heavy (non-hydrogen) atoms. The Bertz CT molecular complexity index is 265. The van der Waals surface area contributed by atoms with E-state index in [4.69, 9.17) is 10.5 Å². The average Bonchev–Trinajstić information content (AvgIpc) is 2.80. The predicted molar refractivity (Wildman–Crippen MR) is 53.0 cm³/mol. The summed E-state index contributed by atoms with van der Waals surface area (Å²) in [4.78, 5) is 22.4. The molecule has 1 rings (SSSR count). The van der Waals surface area contributed by atoms with Crippen LogP contribution >= 0.6 is 0 Å². The van der Waals surface area contributed by atoms with E-state index < -0.39 is 23.8 Å². The van der Waals surface area contributed by atoms with Gasteiger partial charge in [-0.3, -0.25) is 0 Å². The molecule has 5 nitrogen and oxygen atoms in total.